The number of hydrogen-bond acceptors (Lipinski definition) is 6. The third-order valence-electron chi connectivity index (χ3n) is 4.40. The Hall–Kier alpha value is -3.26. The van der Waals surface area contributed by atoms with Gasteiger partial charge in [-0.3, -0.25) is 9.36 Å². The largest absolute Gasteiger partial charge is 0.467 e. The van der Waals surface area contributed by atoms with Gasteiger partial charge in [0, 0.05) is 17.9 Å². The fraction of sp³-hybridized carbons (Fsp3) is 0.190. The molecule has 148 valence electrons. The molecule has 0 bridgehead atoms. The molecule has 1 N–H and O–H groups in total. The number of aromatic nitrogens is 3. The summed E-state index contributed by atoms with van der Waals surface area (Å²) in [6.07, 6.45) is 3.21. The van der Waals surface area contributed by atoms with Gasteiger partial charge in [-0.2, -0.15) is 0 Å². The SMILES string of the molecule is CCn1c(SCc2ccccc2C(=O)NCc2ccco2)nnc1-c1ccco1. The Labute approximate surface area is 172 Å². The summed E-state index contributed by atoms with van der Waals surface area (Å²) < 4.78 is 12.7. The second-order valence-corrected chi connectivity index (χ2v) is 7.18. The molecule has 0 aliphatic rings. The highest BCUT2D eigenvalue weighted by Gasteiger charge is 2.17. The van der Waals surface area contributed by atoms with Crippen molar-refractivity contribution in [3.8, 4) is 11.6 Å². The Morgan fingerprint density at radius 2 is 1.90 bits per heavy atom. The number of nitrogens with one attached hydrogen (secondary N) is 1. The summed E-state index contributed by atoms with van der Waals surface area (Å²) in [4.78, 5) is 12.6. The van der Waals surface area contributed by atoms with Gasteiger partial charge in [0.1, 0.15) is 5.76 Å². The Balaban J connectivity index is 1.47. The molecule has 29 heavy (non-hydrogen) atoms. The van der Waals surface area contributed by atoms with E-state index in [4.69, 9.17) is 8.83 Å². The highest BCUT2D eigenvalue weighted by Crippen LogP contribution is 2.27. The maximum Gasteiger partial charge on any atom is 0.251 e. The van der Waals surface area contributed by atoms with Crippen molar-refractivity contribution in [1.29, 1.82) is 0 Å². The van der Waals surface area contributed by atoms with Crippen LogP contribution in [0.4, 0.5) is 0 Å². The van der Waals surface area contributed by atoms with E-state index in [0.717, 1.165) is 17.3 Å². The first-order valence-electron chi connectivity index (χ1n) is 9.24. The molecule has 8 heteroatoms. The lowest BCUT2D eigenvalue weighted by molar-refractivity contribution is 0.0947. The van der Waals surface area contributed by atoms with Gasteiger partial charge in [0.25, 0.3) is 5.91 Å². The van der Waals surface area contributed by atoms with Crippen LogP contribution in [0.25, 0.3) is 11.6 Å². The molecule has 0 unspecified atom stereocenters. The molecular weight excluding hydrogens is 388 g/mol. The molecule has 0 aliphatic carbocycles. The highest BCUT2D eigenvalue weighted by molar-refractivity contribution is 7.98. The van der Waals surface area contributed by atoms with Gasteiger partial charge >= 0.3 is 0 Å². The summed E-state index contributed by atoms with van der Waals surface area (Å²) in [5.41, 5.74) is 1.57. The van der Waals surface area contributed by atoms with E-state index in [9.17, 15) is 4.79 Å². The Kier molecular flexibility index (Phi) is 5.81. The van der Waals surface area contributed by atoms with E-state index in [1.165, 1.54) is 11.8 Å². The molecule has 4 aromatic rings. The molecule has 1 amide bonds. The van der Waals surface area contributed by atoms with E-state index in [2.05, 4.69) is 15.5 Å². The van der Waals surface area contributed by atoms with Crippen LogP contribution in [0.15, 0.2) is 75.0 Å². The first kappa shape index (κ1) is 19.1. The second kappa shape index (κ2) is 8.83. The van der Waals surface area contributed by atoms with Crippen LogP contribution < -0.4 is 5.32 Å². The van der Waals surface area contributed by atoms with Crippen LogP contribution in [-0.2, 0) is 18.8 Å². The van der Waals surface area contributed by atoms with Crippen molar-refractivity contribution in [1.82, 2.24) is 20.1 Å². The molecule has 0 fully saturated rings. The second-order valence-electron chi connectivity index (χ2n) is 6.24. The zero-order valence-electron chi connectivity index (χ0n) is 15.9. The number of rotatable bonds is 8. The summed E-state index contributed by atoms with van der Waals surface area (Å²) >= 11 is 1.54. The number of thioether (sulfide) groups is 1. The lowest BCUT2D eigenvalue weighted by Gasteiger charge is -2.10. The van der Waals surface area contributed by atoms with Gasteiger partial charge in [0.2, 0.25) is 0 Å². The molecular formula is C21H20N4O3S. The maximum atomic E-state index is 12.6. The summed E-state index contributed by atoms with van der Waals surface area (Å²) in [6.45, 7) is 3.11. The molecule has 0 spiro atoms. The predicted octanol–water partition coefficient (Wildman–Crippen LogP) is 4.37. The minimum atomic E-state index is -0.133. The smallest absolute Gasteiger partial charge is 0.251 e. The first-order valence-corrected chi connectivity index (χ1v) is 10.2. The molecule has 0 aliphatic heterocycles. The first-order chi connectivity index (χ1) is 14.3. The molecule has 1 aromatic carbocycles. The van der Waals surface area contributed by atoms with Gasteiger partial charge in [-0.05, 0) is 42.8 Å². The fourth-order valence-corrected chi connectivity index (χ4v) is 3.96. The topological polar surface area (TPSA) is 86.1 Å². The fourth-order valence-electron chi connectivity index (χ4n) is 2.95. The van der Waals surface area contributed by atoms with Crippen molar-refractivity contribution in [2.24, 2.45) is 0 Å². The Bertz CT molecular complexity index is 1070. The number of hydrogen-bond donors (Lipinski definition) is 1. The molecule has 7 nitrogen and oxygen atoms in total. The van der Waals surface area contributed by atoms with Crippen molar-refractivity contribution in [3.63, 3.8) is 0 Å². The lowest BCUT2D eigenvalue weighted by atomic mass is 10.1. The van der Waals surface area contributed by atoms with Gasteiger partial charge in [-0.15, -0.1) is 10.2 Å². The normalized spacial score (nSPS) is 10.9. The van der Waals surface area contributed by atoms with Crippen LogP contribution in [0.5, 0.6) is 0 Å². The van der Waals surface area contributed by atoms with Crippen LogP contribution in [0.2, 0.25) is 0 Å². The zero-order valence-corrected chi connectivity index (χ0v) is 16.7. The average molecular weight is 408 g/mol. The number of amides is 1. The molecule has 0 saturated heterocycles. The van der Waals surface area contributed by atoms with E-state index in [-0.39, 0.29) is 5.91 Å². The van der Waals surface area contributed by atoms with Crippen LogP contribution in [0.1, 0.15) is 28.6 Å². The molecule has 0 saturated carbocycles. The maximum absolute atomic E-state index is 12.6. The highest BCUT2D eigenvalue weighted by atomic mass is 32.2. The van der Waals surface area contributed by atoms with E-state index >= 15 is 0 Å². The van der Waals surface area contributed by atoms with E-state index in [0.29, 0.717) is 35.2 Å². The van der Waals surface area contributed by atoms with Crippen molar-refractivity contribution < 1.29 is 13.6 Å². The van der Waals surface area contributed by atoms with Gasteiger partial charge in [0.15, 0.2) is 16.7 Å². The number of furan rings is 2. The summed E-state index contributed by atoms with van der Waals surface area (Å²) in [5.74, 6) is 2.56. The average Bonchev–Trinajstić information content (AvgIpc) is 3.52. The van der Waals surface area contributed by atoms with Crippen LogP contribution in [0.3, 0.4) is 0 Å². The minimum absolute atomic E-state index is 0.133. The standard InChI is InChI=1S/C21H20N4O3S/c1-2-25-19(18-10-6-12-28-18)23-24-21(25)29-14-15-7-3-4-9-17(15)20(26)22-13-16-8-5-11-27-16/h3-12H,2,13-14H2,1H3,(H,22,26). The number of carbonyl (C=O) groups excluding carboxylic acids is 1. The monoisotopic (exact) mass is 408 g/mol. The number of nitrogens with zero attached hydrogens (tertiary/aromatic N) is 3. The van der Waals surface area contributed by atoms with Gasteiger partial charge < -0.3 is 14.2 Å². The van der Waals surface area contributed by atoms with E-state index < -0.39 is 0 Å². The minimum Gasteiger partial charge on any atom is -0.467 e. The van der Waals surface area contributed by atoms with E-state index in [1.807, 2.05) is 54.0 Å². The summed E-state index contributed by atoms with van der Waals surface area (Å²) in [6, 6.07) is 14.9. The molecule has 0 atom stereocenters. The number of benzene rings is 1. The zero-order chi connectivity index (χ0) is 20.1. The Morgan fingerprint density at radius 3 is 2.66 bits per heavy atom. The molecule has 0 radical (unpaired) electrons. The van der Waals surface area contributed by atoms with E-state index in [1.54, 1.807) is 18.6 Å². The van der Waals surface area contributed by atoms with Crippen molar-refractivity contribution >= 4 is 17.7 Å². The van der Waals surface area contributed by atoms with Crippen LogP contribution in [0, 0.1) is 0 Å². The third kappa shape index (κ3) is 4.27. The summed E-state index contributed by atoms with van der Waals surface area (Å²) in [5, 5.41) is 12.3. The van der Waals surface area contributed by atoms with Gasteiger partial charge in [0.05, 0.1) is 19.1 Å². The third-order valence-corrected chi connectivity index (χ3v) is 5.41. The van der Waals surface area contributed by atoms with Crippen molar-refractivity contribution in [2.45, 2.75) is 30.9 Å². The summed E-state index contributed by atoms with van der Waals surface area (Å²) in [7, 11) is 0. The molecule has 4 rings (SSSR count). The van der Waals surface area contributed by atoms with Crippen molar-refractivity contribution in [3.05, 3.63) is 77.9 Å². The van der Waals surface area contributed by atoms with Crippen molar-refractivity contribution in [2.75, 3.05) is 0 Å². The molecule has 3 heterocycles. The Morgan fingerprint density at radius 1 is 1.07 bits per heavy atom. The quantitative estimate of drug-likeness (QED) is 0.436. The predicted molar refractivity (Wildman–Crippen MR) is 109 cm³/mol. The van der Waals surface area contributed by atoms with Gasteiger partial charge in [-0.25, -0.2) is 0 Å². The van der Waals surface area contributed by atoms with Crippen LogP contribution >= 0.6 is 11.8 Å². The lowest BCUT2D eigenvalue weighted by Crippen LogP contribution is -2.23. The molecule has 3 aromatic heterocycles. The number of carbonyl (C=O) groups is 1. The van der Waals surface area contributed by atoms with Crippen LogP contribution in [-0.4, -0.2) is 20.7 Å². The van der Waals surface area contributed by atoms with Gasteiger partial charge in [-0.1, -0.05) is 30.0 Å².